The van der Waals surface area contributed by atoms with E-state index in [0.29, 0.717) is 24.2 Å². The van der Waals surface area contributed by atoms with E-state index in [9.17, 15) is 23.1 Å². The van der Waals surface area contributed by atoms with E-state index < -0.39 is 17.7 Å². The van der Waals surface area contributed by atoms with Gasteiger partial charge in [0.2, 0.25) is 5.60 Å². The molecule has 2 unspecified atom stereocenters. The Morgan fingerprint density at radius 2 is 1.94 bits per heavy atom. The summed E-state index contributed by atoms with van der Waals surface area (Å²) in [5, 5.41) is 17.8. The third-order valence-electron chi connectivity index (χ3n) is 6.72. The zero-order valence-corrected chi connectivity index (χ0v) is 18.0. The Morgan fingerprint density at radius 1 is 1.29 bits per heavy atom. The number of aliphatic hydroxyl groups is 1. The highest BCUT2D eigenvalue weighted by molar-refractivity contribution is 6.30. The molecule has 1 aromatic carbocycles. The van der Waals surface area contributed by atoms with Gasteiger partial charge in [0.25, 0.3) is 5.91 Å². The lowest BCUT2D eigenvalue weighted by Crippen LogP contribution is -2.59. The molecule has 3 atom stereocenters. The van der Waals surface area contributed by atoms with Crippen molar-refractivity contribution in [2.24, 2.45) is 11.8 Å². The number of H-pyrrole nitrogens is 1. The number of alkyl halides is 3. The molecule has 2 aliphatic rings. The summed E-state index contributed by atoms with van der Waals surface area (Å²) in [6, 6.07) is 7.22. The molecule has 2 fully saturated rings. The van der Waals surface area contributed by atoms with Crippen LogP contribution in [0.25, 0.3) is 11.4 Å². The van der Waals surface area contributed by atoms with Gasteiger partial charge in [-0.15, -0.1) is 0 Å². The Bertz CT molecular complexity index is 970. The van der Waals surface area contributed by atoms with Crippen LogP contribution in [0.1, 0.15) is 38.9 Å². The molecule has 0 spiro atoms. The molecule has 1 saturated heterocycles. The van der Waals surface area contributed by atoms with Crippen molar-refractivity contribution in [2.75, 3.05) is 13.1 Å². The second-order valence-electron chi connectivity index (χ2n) is 8.86. The van der Waals surface area contributed by atoms with Gasteiger partial charge in [0.1, 0.15) is 5.82 Å². The van der Waals surface area contributed by atoms with Crippen molar-refractivity contribution in [2.45, 2.75) is 50.3 Å². The molecule has 1 aliphatic carbocycles. The van der Waals surface area contributed by atoms with Gasteiger partial charge in [-0.1, -0.05) is 18.5 Å². The lowest BCUT2D eigenvalue weighted by molar-refractivity contribution is -0.251. The van der Waals surface area contributed by atoms with Crippen molar-refractivity contribution in [3.8, 4) is 11.4 Å². The third kappa shape index (κ3) is 3.82. The predicted octanol–water partition coefficient (Wildman–Crippen LogP) is 3.95. The number of halogens is 4. The van der Waals surface area contributed by atoms with Crippen molar-refractivity contribution >= 4 is 17.5 Å². The van der Waals surface area contributed by atoms with Crippen LogP contribution in [0.4, 0.5) is 13.2 Å². The number of nitrogens with zero attached hydrogens (tertiary/aromatic N) is 3. The normalized spacial score (nSPS) is 25.2. The van der Waals surface area contributed by atoms with E-state index in [1.165, 1.54) is 0 Å². The monoisotopic (exact) mass is 456 g/mol. The van der Waals surface area contributed by atoms with Crippen LogP contribution < -0.4 is 0 Å². The molecule has 2 N–H and O–H groups in total. The minimum atomic E-state index is -5.01. The highest BCUT2D eigenvalue weighted by Gasteiger charge is 2.59. The Morgan fingerprint density at radius 3 is 2.48 bits per heavy atom. The summed E-state index contributed by atoms with van der Waals surface area (Å²) in [6.07, 6.45) is -2.66. The van der Waals surface area contributed by atoms with Crippen molar-refractivity contribution in [1.82, 2.24) is 20.1 Å². The van der Waals surface area contributed by atoms with Crippen molar-refractivity contribution < 1.29 is 23.1 Å². The first-order valence-corrected chi connectivity index (χ1v) is 10.6. The second-order valence-corrected chi connectivity index (χ2v) is 9.30. The van der Waals surface area contributed by atoms with Crippen LogP contribution in [0, 0.1) is 11.8 Å². The molecule has 2 heterocycles. The van der Waals surface area contributed by atoms with Gasteiger partial charge in [0.15, 0.2) is 5.82 Å². The number of aromatic amines is 1. The number of aromatic nitrogens is 3. The predicted molar refractivity (Wildman–Crippen MR) is 108 cm³/mol. The van der Waals surface area contributed by atoms with Gasteiger partial charge in [-0.25, -0.2) is 4.98 Å². The molecule has 0 radical (unpaired) electrons. The first-order chi connectivity index (χ1) is 14.5. The Hall–Kier alpha value is -2.13. The zero-order chi connectivity index (χ0) is 22.6. The van der Waals surface area contributed by atoms with E-state index in [4.69, 9.17) is 16.6 Å². The Labute approximate surface area is 182 Å². The minimum Gasteiger partial charge on any atom is -0.373 e. The molecule has 31 heavy (non-hydrogen) atoms. The molecule has 1 aliphatic heterocycles. The first kappa shape index (κ1) is 22.1. The van der Waals surface area contributed by atoms with E-state index in [2.05, 4.69) is 10.2 Å². The topological polar surface area (TPSA) is 82.1 Å². The van der Waals surface area contributed by atoms with E-state index in [1.54, 1.807) is 12.1 Å². The summed E-state index contributed by atoms with van der Waals surface area (Å²) >= 11 is 5.94. The van der Waals surface area contributed by atoms with Crippen LogP contribution in [0.15, 0.2) is 24.3 Å². The smallest absolute Gasteiger partial charge is 0.373 e. The maximum Gasteiger partial charge on any atom is 0.426 e. The molecule has 2 aromatic rings. The van der Waals surface area contributed by atoms with Crippen molar-refractivity contribution in [1.29, 1.82) is 0 Å². The number of likely N-dealkylation sites (tertiary alicyclic amines) is 1. The van der Waals surface area contributed by atoms with Crippen molar-refractivity contribution in [3.05, 3.63) is 35.1 Å². The third-order valence-corrected chi connectivity index (χ3v) is 6.97. The van der Waals surface area contributed by atoms with Crippen LogP contribution in [0.5, 0.6) is 0 Å². The highest BCUT2D eigenvalue weighted by atomic mass is 35.5. The number of benzene rings is 1. The van der Waals surface area contributed by atoms with Gasteiger partial charge in [0, 0.05) is 29.1 Å². The summed E-state index contributed by atoms with van der Waals surface area (Å²) in [5.74, 6) is 0.155. The summed E-state index contributed by atoms with van der Waals surface area (Å²) in [5.41, 5.74) is -2.75. The summed E-state index contributed by atoms with van der Waals surface area (Å²) in [7, 11) is 0. The average Bonchev–Trinajstić information content (AvgIpc) is 3.35. The Balaban J connectivity index is 1.49. The molecule has 1 saturated carbocycles. The van der Waals surface area contributed by atoms with E-state index >= 15 is 0 Å². The number of piperidine rings is 1. The molecule has 1 amide bonds. The molecule has 10 heteroatoms. The van der Waals surface area contributed by atoms with E-state index in [1.807, 2.05) is 19.1 Å². The number of hydrogen-bond acceptors (Lipinski definition) is 4. The number of amides is 1. The summed E-state index contributed by atoms with van der Waals surface area (Å²) in [4.78, 5) is 18.2. The molecule has 1 aromatic heterocycles. The van der Waals surface area contributed by atoms with Crippen LogP contribution in [-0.4, -0.2) is 56.0 Å². The molecule has 168 valence electrons. The fraction of sp³-hybridized carbons (Fsp3) is 0.571. The molecule has 4 rings (SSSR count). The van der Waals surface area contributed by atoms with Crippen LogP contribution in [0.2, 0.25) is 5.02 Å². The number of carbonyl (C=O) groups is 1. The summed E-state index contributed by atoms with van der Waals surface area (Å²) < 4.78 is 39.2. The van der Waals surface area contributed by atoms with Crippen LogP contribution >= 0.6 is 11.6 Å². The number of hydrogen-bond donors (Lipinski definition) is 2. The molecule has 6 nitrogen and oxygen atoms in total. The fourth-order valence-electron chi connectivity index (χ4n) is 4.71. The maximum absolute atomic E-state index is 13.1. The lowest BCUT2D eigenvalue weighted by Gasteiger charge is -2.42. The van der Waals surface area contributed by atoms with E-state index in [0.717, 1.165) is 29.1 Å². The van der Waals surface area contributed by atoms with Gasteiger partial charge < -0.3 is 10.0 Å². The van der Waals surface area contributed by atoms with Crippen LogP contribution in [0.3, 0.4) is 0 Å². The zero-order valence-electron chi connectivity index (χ0n) is 17.2. The summed E-state index contributed by atoms with van der Waals surface area (Å²) in [6.45, 7) is 2.78. The van der Waals surface area contributed by atoms with Crippen LogP contribution in [-0.2, 0) is 10.2 Å². The standard InChI is InChI=1S/C21H24ClF3N4O2/c1-12-11-29(18(30)19(2,31)21(23,24)25)10-7-15(12)20(8-9-20)17-26-16(27-28-17)13-3-5-14(22)6-4-13/h3-6,12,15,31H,7-11H2,1-2H3,(H,26,27,28)/t12?,15?,19-/m1/s1. The highest BCUT2D eigenvalue weighted by Crippen LogP contribution is 2.57. The molecular formula is C21H24ClF3N4O2. The average molecular weight is 457 g/mol. The lowest BCUT2D eigenvalue weighted by atomic mass is 9.74. The van der Waals surface area contributed by atoms with E-state index in [-0.39, 0.29) is 30.3 Å². The second kappa shape index (κ2) is 7.48. The molecular weight excluding hydrogens is 433 g/mol. The minimum absolute atomic E-state index is 0.0479. The number of nitrogens with one attached hydrogen (secondary N) is 1. The maximum atomic E-state index is 13.1. The SMILES string of the molecule is CC1CN(C(=O)[C@@](C)(O)C(F)(F)F)CCC1C1(c2nc(-c3ccc(Cl)cc3)n[nH]2)CC1. The first-order valence-electron chi connectivity index (χ1n) is 10.2. The van der Waals surface area contributed by atoms with Gasteiger partial charge in [0.05, 0.1) is 0 Å². The van der Waals surface area contributed by atoms with Gasteiger partial charge in [-0.05, 0) is 62.3 Å². The number of carbonyl (C=O) groups excluding carboxylic acids is 1. The van der Waals surface area contributed by atoms with Gasteiger partial charge in [-0.2, -0.15) is 18.3 Å². The molecule has 0 bridgehead atoms. The van der Waals surface area contributed by atoms with Gasteiger partial charge in [-0.3, -0.25) is 9.89 Å². The largest absolute Gasteiger partial charge is 0.426 e. The fourth-order valence-corrected chi connectivity index (χ4v) is 4.84. The Kier molecular flexibility index (Phi) is 5.33. The number of rotatable bonds is 4. The van der Waals surface area contributed by atoms with Gasteiger partial charge >= 0.3 is 6.18 Å². The van der Waals surface area contributed by atoms with Crippen molar-refractivity contribution in [3.63, 3.8) is 0 Å². The quantitative estimate of drug-likeness (QED) is 0.729.